The number of methoxy groups -OCH3 is 2. The number of benzene rings is 3. The van der Waals surface area contributed by atoms with Crippen LogP contribution in [0, 0.1) is 6.92 Å². The SMILES string of the molecule is COc1ccc(-c2c(C)c3ccc(OCC(=O)c4ccc(Cl)cc4)cc3oc2=O)cc1OC. The van der Waals surface area contributed by atoms with Crippen molar-refractivity contribution in [2.24, 2.45) is 0 Å². The van der Waals surface area contributed by atoms with E-state index in [1.165, 1.54) is 7.11 Å². The molecular formula is C26H21ClO6. The first-order chi connectivity index (χ1) is 15.9. The van der Waals surface area contributed by atoms with E-state index in [-0.39, 0.29) is 12.4 Å². The molecule has 0 fully saturated rings. The van der Waals surface area contributed by atoms with Gasteiger partial charge in [-0.25, -0.2) is 4.79 Å². The third kappa shape index (κ3) is 4.56. The number of rotatable bonds is 7. The van der Waals surface area contributed by atoms with Gasteiger partial charge in [-0.3, -0.25) is 4.79 Å². The number of ether oxygens (including phenoxy) is 3. The predicted octanol–water partition coefficient (Wildman–Crippen LogP) is 5.70. The van der Waals surface area contributed by atoms with E-state index in [1.807, 2.05) is 6.92 Å². The summed E-state index contributed by atoms with van der Waals surface area (Å²) < 4.78 is 21.9. The van der Waals surface area contributed by atoms with Crippen molar-refractivity contribution in [3.63, 3.8) is 0 Å². The van der Waals surface area contributed by atoms with Crippen molar-refractivity contribution < 1.29 is 23.4 Å². The standard InChI is InChI=1S/C26H21ClO6/c1-15-20-10-9-19(32-14-21(28)16-4-7-18(27)8-5-16)13-23(20)33-26(29)25(15)17-6-11-22(30-2)24(12-17)31-3/h4-13H,14H2,1-3H3. The molecule has 0 aliphatic rings. The van der Waals surface area contributed by atoms with Crippen molar-refractivity contribution in [2.75, 3.05) is 20.8 Å². The van der Waals surface area contributed by atoms with Crippen molar-refractivity contribution in [3.05, 3.63) is 87.2 Å². The quantitative estimate of drug-likeness (QED) is 0.258. The highest BCUT2D eigenvalue weighted by Crippen LogP contribution is 2.34. The van der Waals surface area contributed by atoms with Crippen molar-refractivity contribution in [2.45, 2.75) is 6.92 Å². The molecule has 0 aliphatic carbocycles. The highest BCUT2D eigenvalue weighted by molar-refractivity contribution is 6.30. The van der Waals surface area contributed by atoms with Gasteiger partial charge in [0, 0.05) is 22.0 Å². The number of halogens is 1. The zero-order valence-corrected chi connectivity index (χ0v) is 19.1. The highest BCUT2D eigenvalue weighted by Gasteiger charge is 2.16. The monoisotopic (exact) mass is 464 g/mol. The van der Waals surface area contributed by atoms with Crippen LogP contribution >= 0.6 is 11.6 Å². The molecule has 0 N–H and O–H groups in total. The molecule has 168 valence electrons. The van der Waals surface area contributed by atoms with Gasteiger partial charge in [0.1, 0.15) is 11.3 Å². The lowest BCUT2D eigenvalue weighted by molar-refractivity contribution is 0.0921. The fourth-order valence-corrected chi connectivity index (χ4v) is 3.75. The van der Waals surface area contributed by atoms with Crippen LogP contribution in [-0.4, -0.2) is 26.6 Å². The molecular weight excluding hydrogens is 444 g/mol. The molecule has 0 saturated carbocycles. The number of aryl methyl sites for hydroxylation is 1. The number of Topliss-reactive ketones (excluding diaryl/α,β-unsaturated/α-hetero) is 1. The second kappa shape index (κ2) is 9.38. The Kier molecular flexibility index (Phi) is 6.38. The maximum atomic E-state index is 12.9. The number of fused-ring (bicyclic) bond motifs is 1. The van der Waals surface area contributed by atoms with Gasteiger partial charge >= 0.3 is 5.63 Å². The molecule has 7 heteroatoms. The molecule has 0 bridgehead atoms. The summed E-state index contributed by atoms with van der Waals surface area (Å²) in [5.41, 5.74) is 2.25. The Hall–Kier alpha value is -3.77. The minimum absolute atomic E-state index is 0.153. The van der Waals surface area contributed by atoms with Crippen LogP contribution in [0.15, 0.2) is 69.9 Å². The third-order valence-electron chi connectivity index (χ3n) is 5.35. The zero-order chi connectivity index (χ0) is 23.5. The summed E-state index contributed by atoms with van der Waals surface area (Å²) >= 11 is 5.86. The summed E-state index contributed by atoms with van der Waals surface area (Å²) in [5.74, 6) is 1.32. The summed E-state index contributed by atoms with van der Waals surface area (Å²) in [4.78, 5) is 25.2. The van der Waals surface area contributed by atoms with Crippen LogP contribution in [0.1, 0.15) is 15.9 Å². The van der Waals surface area contributed by atoms with Gasteiger partial charge in [-0.15, -0.1) is 0 Å². The average molecular weight is 465 g/mol. The van der Waals surface area contributed by atoms with Crippen LogP contribution in [-0.2, 0) is 0 Å². The maximum Gasteiger partial charge on any atom is 0.344 e. The van der Waals surface area contributed by atoms with Crippen LogP contribution in [0.25, 0.3) is 22.1 Å². The minimum atomic E-state index is -0.485. The van der Waals surface area contributed by atoms with Crippen LogP contribution < -0.4 is 19.8 Å². The molecule has 33 heavy (non-hydrogen) atoms. The van der Waals surface area contributed by atoms with Crippen molar-refractivity contribution in [1.29, 1.82) is 0 Å². The van der Waals surface area contributed by atoms with Crippen molar-refractivity contribution >= 4 is 28.4 Å². The Morgan fingerprint density at radius 3 is 2.36 bits per heavy atom. The van der Waals surface area contributed by atoms with Gasteiger partial charge in [-0.05, 0) is 66.6 Å². The van der Waals surface area contributed by atoms with E-state index < -0.39 is 5.63 Å². The summed E-state index contributed by atoms with van der Waals surface area (Å²) in [5, 5.41) is 1.32. The maximum absolute atomic E-state index is 12.9. The number of carbonyl (C=O) groups is 1. The molecule has 1 aromatic heterocycles. The normalized spacial score (nSPS) is 10.8. The second-order valence-electron chi connectivity index (χ2n) is 7.34. The first kappa shape index (κ1) is 22.4. The van der Waals surface area contributed by atoms with Crippen LogP contribution in [0.5, 0.6) is 17.2 Å². The fourth-order valence-electron chi connectivity index (χ4n) is 3.62. The number of hydrogen-bond acceptors (Lipinski definition) is 6. The van der Waals surface area contributed by atoms with E-state index in [0.717, 1.165) is 10.9 Å². The highest BCUT2D eigenvalue weighted by atomic mass is 35.5. The van der Waals surface area contributed by atoms with Gasteiger partial charge in [-0.2, -0.15) is 0 Å². The minimum Gasteiger partial charge on any atom is -0.493 e. The molecule has 4 rings (SSSR count). The third-order valence-corrected chi connectivity index (χ3v) is 5.60. The van der Waals surface area contributed by atoms with E-state index in [1.54, 1.807) is 67.8 Å². The van der Waals surface area contributed by atoms with Gasteiger partial charge in [0.25, 0.3) is 0 Å². The Balaban J connectivity index is 1.63. The molecule has 0 radical (unpaired) electrons. The van der Waals surface area contributed by atoms with E-state index >= 15 is 0 Å². The van der Waals surface area contributed by atoms with E-state index in [2.05, 4.69) is 0 Å². The number of carbonyl (C=O) groups excluding carboxylic acids is 1. The molecule has 1 heterocycles. The molecule has 0 unspecified atom stereocenters. The van der Waals surface area contributed by atoms with Gasteiger partial charge in [0.05, 0.1) is 19.8 Å². The summed E-state index contributed by atoms with van der Waals surface area (Å²) in [6, 6.07) is 17.0. The Labute approximate surface area is 195 Å². The first-order valence-corrected chi connectivity index (χ1v) is 10.5. The zero-order valence-electron chi connectivity index (χ0n) is 18.3. The summed E-state index contributed by atoms with van der Waals surface area (Å²) in [6.45, 7) is 1.70. The van der Waals surface area contributed by atoms with Gasteiger partial charge in [0.15, 0.2) is 23.9 Å². The number of hydrogen-bond donors (Lipinski definition) is 0. The van der Waals surface area contributed by atoms with Gasteiger partial charge < -0.3 is 18.6 Å². The van der Waals surface area contributed by atoms with E-state index in [0.29, 0.717) is 44.5 Å². The summed E-state index contributed by atoms with van der Waals surface area (Å²) in [7, 11) is 3.09. The van der Waals surface area contributed by atoms with Crippen molar-refractivity contribution in [1.82, 2.24) is 0 Å². The topological polar surface area (TPSA) is 75.0 Å². The Morgan fingerprint density at radius 1 is 0.939 bits per heavy atom. The number of ketones is 1. The van der Waals surface area contributed by atoms with Crippen LogP contribution in [0.4, 0.5) is 0 Å². The lowest BCUT2D eigenvalue weighted by Gasteiger charge is -2.12. The van der Waals surface area contributed by atoms with E-state index in [4.69, 9.17) is 30.2 Å². The molecule has 4 aromatic rings. The molecule has 3 aromatic carbocycles. The van der Waals surface area contributed by atoms with E-state index in [9.17, 15) is 9.59 Å². The second-order valence-corrected chi connectivity index (χ2v) is 7.77. The lowest BCUT2D eigenvalue weighted by atomic mass is 9.99. The smallest absolute Gasteiger partial charge is 0.344 e. The molecule has 0 saturated heterocycles. The molecule has 0 aliphatic heterocycles. The Morgan fingerprint density at radius 2 is 1.67 bits per heavy atom. The lowest BCUT2D eigenvalue weighted by Crippen LogP contribution is -2.11. The molecule has 6 nitrogen and oxygen atoms in total. The molecule has 0 atom stereocenters. The molecule has 0 spiro atoms. The Bertz CT molecular complexity index is 1390. The van der Waals surface area contributed by atoms with Crippen LogP contribution in [0.2, 0.25) is 5.02 Å². The first-order valence-electron chi connectivity index (χ1n) is 10.1. The average Bonchev–Trinajstić information content (AvgIpc) is 2.82. The fraction of sp³-hybridized carbons (Fsp3) is 0.154. The predicted molar refractivity (Wildman–Crippen MR) is 127 cm³/mol. The molecule has 0 amide bonds. The van der Waals surface area contributed by atoms with Crippen LogP contribution in [0.3, 0.4) is 0 Å². The van der Waals surface area contributed by atoms with Crippen molar-refractivity contribution in [3.8, 4) is 28.4 Å². The van der Waals surface area contributed by atoms with Gasteiger partial charge in [-0.1, -0.05) is 17.7 Å². The largest absolute Gasteiger partial charge is 0.493 e. The summed E-state index contributed by atoms with van der Waals surface area (Å²) in [6.07, 6.45) is 0. The van der Waals surface area contributed by atoms with Gasteiger partial charge in [0.2, 0.25) is 0 Å².